The summed E-state index contributed by atoms with van der Waals surface area (Å²) in [5, 5.41) is 7.97. The van der Waals surface area contributed by atoms with Crippen LogP contribution in [0.1, 0.15) is 58.4 Å². The van der Waals surface area contributed by atoms with E-state index < -0.39 is 0 Å². The molecule has 2 rings (SSSR count). The molecule has 1 N–H and O–H groups in total. The lowest BCUT2D eigenvalue weighted by molar-refractivity contribution is 0.394. The summed E-state index contributed by atoms with van der Waals surface area (Å²) in [4.78, 5) is 0. The number of hydrogen-bond donors (Lipinski definition) is 1. The molecule has 0 aliphatic heterocycles. The number of hydrogen-bond acceptors (Lipinski definition) is 2. The maximum atomic E-state index is 4.38. The van der Waals surface area contributed by atoms with Crippen molar-refractivity contribution in [3.05, 3.63) is 23.5 Å². The summed E-state index contributed by atoms with van der Waals surface area (Å²) in [6.07, 6.45) is 13.4. The Labute approximate surface area is 123 Å². The van der Waals surface area contributed by atoms with Gasteiger partial charge in [0.05, 0.1) is 6.20 Å². The van der Waals surface area contributed by atoms with Crippen LogP contribution in [0, 0.1) is 5.92 Å². The van der Waals surface area contributed by atoms with E-state index in [9.17, 15) is 0 Å². The van der Waals surface area contributed by atoms with Crippen molar-refractivity contribution in [2.75, 3.05) is 6.54 Å². The number of nitrogens with one attached hydrogen (secondary N) is 1. The SMILES string of the molecule is CCn1cc(/C=C(/CNC(C)C)C2CCCCC2)cn1. The zero-order chi connectivity index (χ0) is 14.4. The molecule has 1 aromatic rings. The number of aromatic nitrogens is 2. The first-order valence-corrected chi connectivity index (χ1v) is 8.15. The van der Waals surface area contributed by atoms with Crippen LogP contribution in [-0.2, 0) is 6.54 Å². The lowest BCUT2D eigenvalue weighted by atomic mass is 9.83. The van der Waals surface area contributed by atoms with Gasteiger partial charge < -0.3 is 5.32 Å². The Hall–Kier alpha value is -1.09. The molecular weight excluding hydrogens is 246 g/mol. The van der Waals surface area contributed by atoms with Crippen LogP contribution in [0.2, 0.25) is 0 Å². The Morgan fingerprint density at radius 1 is 1.40 bits per heavy atom. The van der Waals surface area contributed by atoms with Crippen molar-refractivity contribution in [1.82, 2.24) is 15.1 Å². The third-order valence-electron chi connectivity index (χ3n) is 4.17. The highest BCUT2D eigenvalue weighted by atomic mass is 15.3. The minimum atomic E-state index is 0.542. The van der Waals surface area contributed by atoms with Crippen LogP contribution < -0.4 is 5.32 Å². The average Bonchev–Trinajstić information content (AvgIpc) is 2.92. The molecule has 3 heteroatoms. The number of nitrogens with zero attached hydrogens (tertiary/aromatic N) is 2. The summed E-state index contributed by atoms with van der Waals surface area (Å²) in [7, 11) is 0. The quantitative estimate of drug-likeness (QED) is 0.854. The van der Waals surface area contributed by atoms with Gasteiger partial charge in [0.2, 0.25) is 0 Å². The van der Waals surface area contributed by atoms with E-state index in [1.54, 1.807) is 5.57 Å². The largest absolute Gasteiger partial charge is 0.311 e. The van der Waals surface area contributed by atoms with E-state index >= 15 is 0 Å². The van der Waals surface area contributed by atoms with Crippen molar-refractivity contribution >= 4 is 6.08 Å². The van der Waals surface area contributed by atoms with Gasteiger partial charge >= 0.3 is 0 Å². The predicted molar refractivity (Wildman–Crippen MR) is 85.6 cm³/mol. The van der Waals surface area contributed by atoms with Crippen molar-refractivity contribution in [3.63, 3.8) is 0 Å². The predicted octanol–water partition coefficient (Wildman–Crippen LogP) is 3.86. The first-order valence-electron chi connectivity index (χ1n) is 8.15. The highest BCUT2D eigenvalue weighted by molar-refractivity contribution is 5.52. The maximum Gasteiger partial charge on any atom is 0.0562 e. The summed E-state index contributed by atoms with van der Waals surface area (Å²) < 4.78 is 2.00. The van der Waals surface area contributed by atoms with Crippen molar-refractivity contribution in [1.29, 1.82) is 0 Å². The monoisotopic (exact) mass is 275 g/mol. The molecule has 1 aliphatic rings. The van der Waals surface area contributed by atoms with E-state index in [2.05, 4.69) is 43.5 Å². The zero-order valence-electron chi connectivity index (χ0n) is 13.2. The first kappa shape index (κ1) is 15.3. The summed E-state index contributed by atoms with van der Waals surface area (Å²) in [5.41, 5.74) is 2.81. The average molecular weight is 275 g/mol. The van der Waals surface area contributed by atoms with E-state index in [1.165, 1.54) is 37.7 Å². The maximum absolute atomic E-state index is 4.38. The Morgan fingerprint density at radius 2 is 2.15 bits per heavy atom. The van der Waals surface area contributed by atoms with Gasteiger partial charge in [0.1, 0.15) is 0 Å². The standard InChI is InChI=1S/C17H29N3/c1-4-20-13-15(11-19-20)10-17(12-18-14(2)3)16-8-6-5-7-9-16/h10-11,13-14,16,18H,4-9,12H2,1-3H3/b17-10-. The molecule has 0 atom stereocenters. The van der Waals surface area contributed by atoms with Gasteiger partial charge in [-0.15, -0.1) is 0 Å². The Bertz CT molecular complexity index is 425. The van der Waals surface area contributed by atoms with Gasteiger partial charge in [0.25, 0.3) is 0 Å². The molecule has 1 aliphatic carbocycles. The fourth-order valence-electron chi connectivity index (χ4n) is 2.95. The van der Waals surface area contributed by atoms with Crippen molar-refractivity contribution in [2.24, 2.45) is 5.92 Å². The van der Waals surface area contributed by atoms with E-state index in [1.807, 2.05) is 10.9 Å². The molecule has 0 aromatic carbocycles. The van der Waals surface area contributed by atoms with E-state index in [0.717, 1.165) is 19.0 Å². The molecule has 112 valence electrons. The van der Waals surface area contributed by atoms with Gasteiger partial charge in [-0.05, 0) is 25.7 Å². The molecule has 0 unspecified atom stereocenters. The summed E-state index contributed by atoms with van der Waals surface area (Å²) >= 11 is 0. The van der Waals surface area contributed by atoms with Crippen LogP contribution in [0.4, 0.5) is 0 Å². The molecule has 20 heavy (non-hydrogen) atoms. The first-order chi connectivity index (χ1) is 9.69. The molecule has 0 bridgehead atoms. The number of aryl methyl sites for hydroxylation is 1. The van der Waals surface area contributed by atoms with Crippen LogP contribution in [0.15, 0.2) is 18.0 Å². The molecule has 0 amide bonds. The molecule has 0 saturated heterocycles. The van der Waals surface area contributed by atoms with Crippen molar-refractivity contribution in [2.45, 2.75) is 65.5 Å². The second kappa shape index (κ2) is 7.63. The van der Waals surface area contributed by atoms with Crippen molar-refractivity contribution < 1.29 is 0 Å². The van der Waals surface area contributed by atoms with Crippen LogP contribution in [0.5, 0.6) is 0 Å². The molecule has 0 radical (unpaired) electrons. The van der Waals surface area contributed by atoms with Crippen LogP contribution in [0.3, 0.4) is 0 Å². The third-order valence-corrected chi connectivity index (χ3v) is 4.17. The normalized spacial score (nSPS) is 17.9. The van der Waals surface area contributed by atoms with E-state index in [4.69, 9.17) is 0 Å². The van der Waals surface area contributed by atoms with Gasteiger partial charge in [-0.2, -0.15) is 5.10 Å². The van der Waals surface area contributed by atoms with Gasteiger partial charge in [-0.3, -0.25) is 4.68 Å². The highest BCUT2D eigenvalue weighted by Crippen LogP contribution is 2.30. The van der Waals surface area contributed by atoms with E-state index in [-0.39, 0.29) is 0 Å². The fraction of sp³-hybridized carbons (Fsp3) is 0.706. The van der Waals surface area contributed by atoms with Crippen LogP contribution in [-0.4, -0.2) is 22.4 Å². The molecular formula is C17H29N3. The summed E-state index contributed by atoms with van der Waals surface area (Å²) in [5.74, 6) is 0.764. The Kier molecular flexibility index (Phi) is 5.84. The molecule has 3 nitrogen and oxygen atoms in total. The summed E-state index contributed by atoms with van der Waals surface area (Å²) in [6.45, 7) is 8.51. The van der Waals surface area contributed by atoms with Crippen molar-refractivity contribution in [3.8, 4) is 0 Å². The minimum absolute atomic E-state index is 0.542. The number of rotatable bonds is 6. The smallest absolute Gasteiger partial charge is 0.0562 e. The molecule has 1 heterocycles. The molecule has 1 saturated carbocycles. The topological polar surface area (TPSA) is 29.9 Å². The van der Waals surface area contributed by atoms with Crippen LogP contribution in [0.25, 0.3) is 6.08 Å². The van der Waals surface area contributed by atoms with Gasteiger partial charge in [0, 0.05) is 30.9 Å². The molecule has 0 spiro atoms. The zero-order valence-corrected chi connectivity index (χ0v) is 13.2. The minimum Gasteiger partial charge on any atom is -0.311 e. The second-order valence-electron chi connectivity index (χ2n) is 6.22. The van der Waals surface area contributed by atoms with Gasteiger partial charge in [0.15, 0.2) is 0 Å². The Balaban J connectivity index is 2.10. The van der Waals surface area contributed by atoms with Crippen LogP contribution >= 0.6 is 0 Å². The summed E-state index contributed by atoms with van der Waals surface area (Å²) in [6, 6.07) is 0.542. The van der Waals surface area contributed by atoms with Gasteiger partial charge in [-0.25, -0.2) is 0 Å². The lowest BCUT2D eigenvalue weighted by Crippen LogP contribution is -2.27. The third kappa shape index (κ3) is 4.48. The Morgan fingerprint density at radius 3 is 2.75 bits per heavy atom. The fourth-order valence-corrected chi connectivity index (χ4v) is 2.95. The van der Waals surface area contributed by atoms with Gasteiger partial charge in [-0.1, -0.05) is 44.8 Å². The second-order valence-corrected chi connectivity index (χ2v) is 6.22. The lowest BCUT2D eigenvalue weighted by Gasteiger charge is -2.25. The molecule has 1 aromatic heterocycles. The highest BCUT2D eigenvalue weighted by Gasteiger charge is 2.18. The molecule has 1 fully saturated rings. The van der Waals surface area contributed by atoms with E-state index in [0.29, 0.717) is 6.04 Å².